The summed E-state index contributed by atoms with van der Waals surface area (Å²) in [7, 11) is 0. The predicted octanol–water partition coefficient (Wildman–Crippen LogP) is 1.47. The van der Waals surface area contributed by atoms with Crippen LogP contribution in [-0.2, 0) is 0 Å². The van der Waals surface area contributed by atoms with Gasteiger partial charge < -0.3 is 0 Å². The maximum atomic E-state index is 2.15. The van der Waals surface area contributed by atoms with Crippen LogP contribution >= 0.6 is 0 Å². The number of rotatable bonds is 0. The van der Waals surface area contributed by atoms with E-state index in [0.29, 0.717) is 0 Å². The molecular formula is C5H9Ga. The summed E-state index contributed by atoms with van der Waals surface area (Å²) in [5, 5.41) is 0. The monoisotopic (exact) mass is 138 g/mol. The first-order chi connectivity index (χ1) is 2.64. The van der Waals surface area contributed by atoms with Crippen molar-refractivity contribution in [1.82, 2.24) is 0 Å². The van der Waals surface area contributed by atoms with E-state index in [1.54, 1.807) is 18.6 Å². The van der Waals surface area contributed by atoms with E-state index >= 15 is 0 Å². The summed E-state index contributed by atoms with van der Waals surface area (Å²) in [6.45, 7) is 6.42. The summed E-state index contributed by atoms with van der Waals surface area (Å²) in [6, 6.07) is 0. The third-order valence-corrected chi connectivity index (χ3v) is 2.00. The Morgan fingerprint density at radius 3 is 1.33 bits per heavy atom. The Balaban J connectivity index is 3.68. The van der Waals surface area contributed by atoms with Crippen molar-refractivity contribution in [1.29, 1.82) is 0 Å². The fourth-order valence-corrected chi connectivity index (χ4v) is 0. The summed E-state index contributed by atoms with van der Waals surface area (Å²) in [5.74, 6) is 0. The molecule has 2 radical (unpaired) electrons. The fraction of sp³-hybridized carbons (Fsp3) is 0.600. The van der Waals surface area contributed by atoms with Crippen LogP contribution in [0.4, 0.5) is 0 Å². The molecule has 0 aliphatic rings. The van der Waals surface area contributed by atoms with Crippen molar-refractivity contribution < 1.29 is 0 Å². The van der Waals surface area contributed by atoms with E-state index in [-0.39, 0.29) is 0 Å². The van der Waals surface area contributed by atoms with Gasteiger partial charge in [-0.25, -0.2) is 0 Å². The van der Waals surface area contributed by atoms with E-state index in [0.717, 1.165) is 0 Å². The zero-order valence-corrected chi connectivity index (χ0v) is 7.00. The van der Waals surface area contributed by atoms with Crippen LogP contribution in [0, 0.1) is 0 Å². The second kappa shape index (κ2) is 2.53. The van der Waals surface area contributed by atoms with Crippen molar-refractivity contribution >= 4 is 18.6 Å². The standard InChI is InChI=1S/C5H9.Ga/c1-4-5(2)3;/h1-3H3;. The Kier molecular flexibility index (Phi) is 2.69. The van der Waals surface area contributed by atoms with E-state index < -0.39 is 0 Å². The molecule has 0 rings (SSSR count). The molecule has 0 fully saturated rings. The van der Waals surface area contributed by atoms with Crippen LogP contribution < -0.4 is 0 Å². The molecule has 0 nitrogen and oxygen atoms in total. The van der Waals surface area contributed by atoms with Gasteiger partial charge in [0.25, 0.3) is 0 Å². The SMILES string of the molecule is CC(C)=[C](C)[Ga]. The molecule has 0 bridgehead atoms. The van der Waals surface area contributed by atoms with Gasteiger partial charge in [-0.15, -0.1) is 0 Å². The molecule has 0 aromatic rings. The van der Waals surface area contributed by atoms with Crippen molar-refractivity contribution in [2.24, 2.45) is 0 Å². The second-order valence-corrected chi connectivity index (χ2v) is 3.50. The summed E-state index contributed by atoms with van der Waals surface area (Å²) < 4.78 is 1.49. The van der Waals surface area contributed by atoms with Crippen LogP contribution in [0.2, 0.25) is 0 Å². The van der Waals surface area contributed by atoms with Crippen molar-refractivity contribution in [3.63, 3.8) is 0 Å². The van der Waals surface area contributed by atoms with Crippen LogP contribution in [0.25, 0.3) is 0 Å². The topological polar surface area (TPSA) is 0 Å². The molecule has 6 heavy (non-hydrogen) atoms. The molecule has 0 spiro atoms. The molecular weight excluding hydrogens is 130 g/mol. The molecule has 0 amide bonds. The normalized spacial score (nSPS) is 7.83. The Morgan fingerprint density at radius 2 is 1.33 bits per heavy atom. The van der Waals surface area contributed by atoms with Gasteiger partial charge in [0.05, 0.1) is 0 Å². The molecule has 0 aliphatic heterocycles. The molecule has 0 atom stereocenters. The molecule has 0 N–H and O–H groups in total. The maximum absolute atomic E-state index is 2.15. The number of hydrogen-bond donors (Lipinski definition) is 0. The molecule has 0 unspecified atom stereocenters. The molecule has 0 aromatic carbocycles. The van der Waals surface area contributed by atoms with Gasteiger partial charge in [-0.3, -0.25) is 0 Å². The van der Waals surface area contributed by atoms with Gasteiger partial charge in [0.15, 0.2) is 0 Å². The summed E-state index contributed by atoms with van der Waals surface area (Å²) >= 11 is 1.72. The van der Waals surface area contributed by atoms with Gasteiger partial charge >= 0.3 is 49.1 Å². The Labute approximate surface area is 49.5 Å². The average molecular weight is 139 g/mol. The Hall–Kier alpha value is 0.376. The fourth-order valence-electron chi connectivity index (χ4n) is 0. The van der Waals surface area contributed by atoms with Gasteiger partial charge in [-0.1, -0.05) is 0 Å². The third-order valence-electron chi connectivity index (χ3n) is 0.789. The van der Waals surface area contributed by atoms with Gasteiger partial charge in [0, 0.05) is 0 Å². The first-order valence-electron chi connectivity index (χ1n) is 2.04. The van der Waals surface area contributed by atoms with Crippen LogP contribution in [0.1, 0.15) is 20.8 Å². The van der Waals surface area contributed by atoms with E-state index in [1.165, 1.54) is 9.70 Å². The van der Waals surface area contributed by atoms with Gasteiger partial charge in [0.1, 0.15) is 0 Å². The molecule has 1 heteroatoms. The van der Waals surface area contributed by atoms with Crippen molar-refractivity contribution in [3.8, 4) is 0 Å². The zero-order chi connectivity index (χ0) is 5.15. The molecule has 0 heterocycles. The minimum atomic E-state index is 1.45. The quantitative estimate of drug-likeness (QED) is 0.445. The van der Waals surface area contributed by atoms with Crippen molar-refractivity contribution in [3.05, 3.63) is 9.70 Å². The molecule has 0 saturated carbocycles. The molecule has 0 saturated heterocycles. The van der Waals surface area contributed by atoms with Gasteiger partial charge in [0.2, 0.25) is 0 Å². The number of allylic oxidation sites excluding steroid dienone is 2. The first kappa shape index (κ1) is 6.38. The summed E-state index contributed by atoms with van der Waals surface area (Å²) in [4.78, 5) is 0. The van der Waals surface area contributed by atoms with Crippen LogP contribution in [-0.4, -0.2) is 18.6 Å². The average Bonchev–Trinajstić information content (AvgIpc) is 1.36. The third kappa shape index (κ3) is 2.60. The predicted molar refractivity (Wildman–Crippen MR) is 29.8 cm³/mol. The number of hydrogen-bond acceptors (Lipinski definition) is 0. The van der Waals surface area contributed by atoms with Crippen molar-refractivity contribution in [2.75, 3.05) is 0 Å². The van der Waals surface area contributed by atoms with E-state index in [2.05, 4.69) is 20.8 Å². The van der Waals surface area contributed by atoms with Crippen molar-refractivity contribution in [2.45, 2.75) is 20.8 Å². The van der Waals surface area contributed by atoms with Gasteiger partial charge in [-0.2, -0.15) is 0 Å². The van der Waals surface area contributed by atoms with Crippen LogP contribution in [0.15, 0.2) is 9.70 Å². The second-order valence-electron chi connectivity index (χ2n) is 1.68. The van der Waals surface area contributed by atoms with Gasteiger partial charge in [-0.05, 0) is 0 Å². The zero-order valence-electron chi connectivity index (χ0n) is 4.58. The van der Waals surface area contributed by atoms with Crippen LogP contribution in [0.5, 0.6) is 0 Å². The first-order valence-corrected chi connectivity index (χ1v) is 3.25. The van der Waals surface area contributed by atoms with E-state index in [1.807, 2.05) is 0 Å². The molecule has 0 aromatic heterocycles. The Morgan fingerprint density at radius 1 is 1.17 bits per heavy atom. The van der Waals surface area contributed by atoms with E-state index in [9.17, 15) is 0 Å². The Bertz CT molecular complexity index is 54.0. The minimum absolute atomic E-state index is 1.45. The molecule has 0 aliphatic carbocycles. The summed E-state index contributed by atoms with van der Waals surface area (Å²) in [5.41, 5.74) is 1.45. The van der Waals surface area contributed by atoms with Crippen LogP contribution in [0.3, 0.4) is 0 Å². The van der Waals surface area contributed by atoms with E-state index in [4.69, 9.17) is 0 Å². The summed E-state index contributed by atoms with van der Waals surface area (Å²) in [6.07, 6.45) is 0. The molecule has 32 valence electrons.